The zero-order valence-corrected chi connectivity index (χ0v) is 22.8. The highest BCUT2D eigenvalue weighted by Crippen LogP contribution is 2.66. The van der Waals surface area contributed by atoms with Crippen molar-refractivity contribution in [2.75, 3.05) is 6.54 Å². The summed E-state index contributed by atoms with van der Waals surface area (Å²) in [5.41, 5.74) is 1.18. The van der Waals surface area contributed by atoms with E-state index in [2.05, 4.69) is 62.9 Å². The number of benzene rings is 1. The Morgan fingerprint density at radius 1 is 0.972 bits per heavy atom. The van der Waals surface area contributed by atoms with Gasteiger partial charge in [0.2, 0.25) is 0 Å². The predicted molar refractivity (Wildman–Crippen MR) is 141 cm³/mol. The first kappa shape index (κ1) is 24.6. The second-order valence-electron chi connectivity index (χ2n) is 14.0. The van der Waals surface area contributed by atoms with Crippen LogP contribution < -0.4 is 0 Å². The summed E-state index contributed by atoms with van der Waals surface area (Å²) in [6.45, 7) is 10.8. The number of ether oxygens (including phenoxy) is 1. The first-order chi connectivity index (χ1) is 17.2. The molecule has 8 atom stereocenters. The van der Waals surface area contributed by atoms with Crippen LogP contribution in [0.15, 0.2) is 30.3 Å². The van der Waals surface area contributed by atoms with Gasteiger partial charge < -0.3 is 4.74 Å². The molecule has 36 heavy (non-hydrogen) atoms. The minimum atomic E-state index is -0.346. The molecule has 1 spiro atoms. The average Bonchev–Trinajstić information content (AvgIpc) is 3.14. The van der Waals surface area contributed by atoms with Crippen LogP contribution in [0.1, 0.15) is 91.0 Å². The monoisotopic (exact) mass is 491 g/mol. The molecule has 0 radical (unpaired) electrons. The number of nitrogens with zero attached hydrogens (tertiary/aromatic N) is 1. The van der Waals surface area contributed by atoms with Crippen LogP contribution in [0.3, 0.4) is 0 Å². The van der Waals surface area contributed by atoms with E-state index in [9.17, 15) is 9.59 Å². The van der Waals surface area contributed by atoms with E-state index in [-0.39, 0.29) is 28.9 Å². The molecule has 4 aliphatic carbocycles. The van der Waals surface area contributed by atoms with Crippen LogP contribution >= 0.6 is 0 Å². The Morgan fingerprint density at radius 3 is 2.50 bits per heavy atom. The molecule has 5 fully saturated rings. The van der Waals surface area contributed by atoms with Gasteiger partial charge in [0.15, 0.2) is 0 Å². The van der Waals surface area contributed by atoms with E-state index in [0.717, 1.165) is 57.5 Å². The number of fused-ring (bicyclic) bond motifs is 5. The Morgan fingerprint density at radius 2 is 1.75 bits per heavy atom. The molecule has 4 heteroatoms. The summed E-state index contributed by atoms with van der Waals surface area (Å²) in [7, 11) is 0. The molecular formula is C32H45NO3. The number of esters is 1. The fourth-order valence-electron chi connectivity index (χ4n) is 9.90. The van der Waals surface area contributed by atoms with Crippen molar-refractivity contribution in [2.45, 2.75) is 104 Å². The van der Waals surface area contributed by atoms with Crippen molar-refractivity contribution in [1.29, 1.82) is 0 Å². The Labute approximate surface area is 217 Å². The molecule has 0 aromatic heterocycles. The number of ketones is 1. The first-order valence-electron chi connectivity index (χ1n) is 14.7. The lowest BCUT2D eigenvalue weighted by Crippen LogP contribution is -2.64. The summed E-state index contributed by atoms with van der Waals surface area (Å²) in [5.74, 6) is 3.39. The number of morpholine rings is 1. The van der Waals surface area contributed by atoms with E-state index in [1.54, 1.807) is 0 Å². The van der Waals surface area contributed by atoms with Gasteiger partial charge in [-0.25, -0.2) is 0 Å². The first-order valence-corrected chi connectivity index (χ1v) is 14.7. The summed E-state index contributed by atoms with van der Waals surface area (Å²) in [4.78, 5) is 28.7. The number of Topliss-reactive ketones (excluding diaryl/α,β-unsaturated/α-hetero) is 1. The third-order valence-electron chi connectivity index (χ3n) is 11.8. The Kier molecular flexibility index (Phi) is 5.94. The van der Waals surface area contributed by atoms with E-state index < -0.39 is 0 Å². The largest absolute Gasteiger partial charge is 0.457 e. The number of carbonyl (C=O) groups excluding carboxylic acids is 2. The predicted octanol–water partition coefficient (Wildman–Crippen LogP) is 6.42. The van der Waals surface area contributed by atoms with Gasteiger partial charge in [0.25, 0.3) is 0 Å². The molecular weight excluding hydrogens is 446 g/mol. The van der Waals surface area contributed by atoms with Gasteiger partial charge in [0, 0.05) is 24.9 Å². The fourth-order valence-corrected chi connectivity index (χ4v) is 9.90. The van der Waals surface area contributed by atoms with Crippen molar-refractivity contribution < 1.29 is 14.3 Å². The zero-order valence-electron chi connectivity index (χ0n) is 22.8. The Hall–Kier alpha value is -1.68. The van der Waals surface area contributed by atoms with E-state index in [4.69, 9.17) is 4.74 Å². The maximum Gasteiger partial charge on any atom is 0.324 e. The lowest BCUT2D eigenvalue weighted by molar-refractivity contribution is -0.210. The minimum absolute atomic E-state index is 0.0117. The maximum atomic E-state index is 13.5. The lowest BCUT2D eigenvalue weighted by Gasteiger charge is -2.62. The highest BCUT2D eigenvalue weighted by Gasteiger charge is 2.62. The zero-order chi connectivity index (χ0) is 25.3. The smallest absolute Gasteiger partial charge is 0.324 e. The van der Waals surface area contributed by atoms with Gasteiger partial charge in [0.05, 0.1) is 0 Å². The normalized spacial score (nSPS) is 44.8. The molecule has 1 aromatic rings. The quantitative estimate of drug-likeness (QED) is 0.458. The molecule has 4 nitrogen and oxygen atoms in total. The molecule has 0 bridgehead atoms. The molecule has 4 saturated carbocycles. The van der Waals surface area contributed by atoms with Gasteiger partial charge in [-0.15, -0.1) is 0 Å². The highest BCUT2D eigenvalue weighted by molar-refractivity contribution is 5.87. The molecule has 1 aromatic carbocycles. The topological polar surface area (TPSA) is 46.6 Å². The van der Waals surface area contributed by atoms with Crippen LogP contribution in [-0.2, 0) is 20.9 Å². The molecule has 0 unspecified atom stereocenters. The number of rotatable bonds is 3. The number of hydrogen-bond donors (Lipinski definition) is 0. The third kappa shape index (κ3) is 3.72. The average molecular weight is 492 g/mol. The standard InChI is InChI=1S/C32H45NO3/c1-21(2)28-29(35)36-32(20-33(28)19-22-8-6-5-7-9-22)17-16-30(3)23(18-32)10-11-24-25-12-13-27(34)31(25,4)15-14-26(24)30/h5-9,21,23-26,28H,10-20H2,1-4H3/t23-,24-,25-,26-,28+,30-,31-,32+/m0/s1. The Balaban J connectivity index is 1.23. The van der Waals surface area contributed by atoms with Gasteiger partial charge in [-0.05, 0) is 91.9 Å². The van der Waals surface area contributed by atoms with Crippen LogP contribution in [0.25, 0.3) is 0 Å². The molecule has 1 saturated heterocycles. The summed E-state index contributed by atoms with van der Waals surface area (Å²) in [5, 5.41) is 0. The maximum absolute atomic E-state index is 13.5. The Bertz CT molecular complexity index is 1020. The number of carbonyl (C=O) groups is 2. The summed E-state index contributed by atoms with van der Waals surface area (Å²) < 4.78 is 6.46. The van der Waals surface area contributed by atoms with Gasteiger partial charge in [-0.3, -0.25) is 14.5 Å². The van der Waals surface area contributed by atoms with Crippen molar-refractivity contribution in [2.24, 2.45) is 40.4 Å². The van der Waals surface area contributed by atoms with Crippen LogP contribution in [0, 0.1) is 40.4 Å². The van der Waals surface area contributed by atoms with Crippen LogP contribution in [-0.4, -0.2) is 34.8 Å². The lowest BCUT2D eigenvalue weighted by atomic mass is 9.44. The van der Waals surface area contributed by atoms with Crippen LogP contribution in [0.5, 0.6) is 0 Å². The van der Waals surface area contributed by atoms with Gasteiger partial charge in [-0.1, -0.05) is 58.0 Å². The third-order valence-corrected chi connectivity index (χ3v) is 11.8. The highest BCUT2D eigenvalue weighted by atomic mass is 16.6. The molecule has 196 valence electrons. The van der Waals surface area contributed by atoms with E-state index in [1.165, 1.54) is 24.8 Å². The van der Waals surface area contributed by atoms with Crippen molar-refractivity contribution in [1.82, 2.24) is 4.90 Å². The molecule has 5 aliphatic rings. The SMILES string of the molecule is CC(C)[C@@H]1C(=O)O[C@@]2(CC[C@@]3(C)[C@@H](CC[C@@H]4[C@@H]3CC[C@]3(C)C(=O)CC[C@@H]43)C2)CN1Cc1ccccc1. The number of hydrogen-bond acceptors (Lipinski definition) is 4. The summed E-state index contributed by atoms with van der Waals surface area (Å²) in [6.07, 6.45) is 9.83. The summed E-state index contributed by atoms with van der Waals surface area (Å²) >= 11 is 0. The van der Waals surface area contributed by atoms with Crippen molar-refractivity contribution in [3.05, 3.63) is 35.9 Å². The fraction of sp³-hybridized carbons (Fsp3) is 0.750. The second-order valence-corrected chi connectivity index (χ2v) is 14.0. The van der Waals surface area contributed by atoms with Crippen LogP contribution in [0.4, 0.5) is 0 Å². The molecule has 6 rings (SSSR count). The van der Waals surface area contributed by atoms with Gasteiger partial charge >= 0.3 is 5.97 Å². The second kappa shape index (κ2) is 8.68. The molecule has 1 heterocycles. The molecule has 0 N–H and O–H groups in total. The minimum Gasteiger partial charge on any atom is -0.457 e. The molecule has 1 aliphatic heterocycles. The van der Waals surface area contributed by atoms with Gasteiger partial charge in [-0.2, -0.15) is 0 Å². The van der Waals surface area contributed by atoms with Crippen molar-refractivity contribution >= 4 is 11.8 Å². The van der Waals surface area contributed by atoms with Crippen molar-refractivity contribution in [3.8, 4) is 0 Å². The van der Waals surface area contributed by atoms with Crippen LogP contribution in [0.2, 0.25) is 0 Å². The van der Waals surface area contributed by atoms with Gasteiger partial charge in [0.1, 0.15) is 17.4 Å². The van der Waals surface area contributed by atoms with Crippen molar-refractivity contribution in [3.63, 3.8) is 0 Å². The summed E-state index contributed by atoms with van der Waals surface area (Å²) in [6, 6.07) is 10.4. The van der Waals surface area contributed by atoms with E-state index >= 15 is 0 Å². The van der Waals surface area contributed by atoms with E-state index in [1.807, 2.05) is 0 Å². The molecule has 0 amide bonds. The van der Waals surface area contributed by atoms with E-state index in [0.29, 0.717) is 29.0 Å².